The fraction of sp³-hybridized carbons (Fsp3) is 0.273. The lowest BCUT2D eigenvalue weighted by Gasteiger charge is -2.08. The SMILES string of the molecule is CCOc1cc2c(Cl)c(Br)cnc2nc1C. The Bertz CT molecular complexity index is 545. The van der Waals surface area contributed by atoms with E-state index >= 15 is 0 Å². The Morgan fingerprint density at radius 1 is 1.50 bits per heavy atom. The molecule has 2 aromatic heterocycles. The van der Waals surface area contributed by atoms with E-state index in [1.54, 1.807) is 6.20 Å². The van der Waals surface area contributed by atoms with Crippen LogP contribution in [0.1, 0.15) is 12.6 Å². The minimum absolute atomic E-state index is 0.604. The van der Waals surface area contributed by atoms with Crippen molar-refractivity contribution in [2.45, 2.75) is 13.8 Å². The highest BCUT2D eigenvalue weighted by atomic mass is 79.9. The smallest absolute Gasteiger partial charge is 0.161 e. The van der Waals surface area contributed by atoms with Gasteiger partial charge in [-0.15, -0.1) is 0 Å². The van der Waals surface area contributed by atoms with Crippen LogP contribution >= 0.6 is 27.5 Å². The van der Waals surface area contributed by atoms with Crippen molar-refractivity contribution in [2.24, 2.45) is 0 Å². The minimum atomic E-state index is 0.604. The van der Waals surface area contributed by atoms with Crippen molar-refractivity contribution in [1.29, 1.82) is 0 Å². The van der Waals surface area contributed by atoms with Crippen LogP contribution < -0.4 is 4.74 Å². The van der Waals surface area contributed by atoms with Crippen LogP contribution in [0.15, 0.2) is 16.7 Å². The molecule has 84 valence electrons. The second kappa shape index (κ2) is 4.55. The Morgan fingerprint density at radius 2 is 2.25 bits per heavy atom. The van der Waals surface area contributed by atoms with Gasteiger partial charge in [-0.3, -0.25) is 0 Å². The molecule has 0 N–H and O–H groups in total. The predicted molar refractivity (Wildman–Crippen MR) is 68.2 cm³/mol. The molecule has 0 aliphatic heterocycles. The summed E-state index contributed by atoms with van der Waals surface area (Å²) in [6.45, 7) is 4.43. The molecule has 5 heteroatoms. The Hall–Kier alpha value is -0.870. The molecule has 0 amide bonds. The number of hydrogen-bond acceptors (Lipinski definition) is 3. The average Bonchev–Trinajstić information content (AvgIpc) is 2.26. The molecule has 0 aliphatic carbocycles. The highest BCUT2D eigenvalue weighted by Crippen LogP contribution is 2.31. The lowest BCUT2D eigenvalue weighted by atomic mass is 10.2. The zero-order chi connectivity index (χ0) is 11.7. The Kier molecular flexibility index (Phi) is 3.30. The highest BCUT2D eigenvalue weighted by molar-refractivity contribution is 9.10. The normalized spacial score (nSPS) is 10.8. The molecule has 16 heavy (non-hydrogen) atoms. The molecule has 0 bridgehead atoms. The number of aromatic nitrogens is 2. The summed E-state index contributed by atoms with van der Waals surface area (Å²) in [5.74, 6) is 0.747. The van der Waals surface area contributed by atoms with Crippen molar-refractivity contribution in [2.75, 3.05) is 6.61 Å². The molecular weight excluding hydrogens is 291 g/mol. The maximum absolute atomic E-state index is 6.17. The first-order valence-corrected chi connectivity index (χ1v) is 6.04. The maximum Gasteiger partial charge on any atom is 0.161 e. The van der Waals surface area contributed by atoms with E-state index in [1.165, 1.54) is 0 Å². The average molecular weight is 302 g/mol. The van der Waals surface area contributed by atoms with E-state index in [9.17, 15) is 0 Å². The van der Waals surface area contributed by atoms with Gasteiger partial charge in [0.05, 0.1) is 21.8 Å². The van der Waals surface area contributed by atoms with Gasteiger partial charge < -0.3 is 4.74 Å². The first kappa shape index (κ1) is 11.6. The number of fused-ring (bicyclic) bond motifs is 1. The van der Waals surface area contributed by atoms with Crippen LogP contribution in [0, 0.1) is 6.92 Å². The number of nitrogens with zero attached hydrogens (tertiary/aromatic N) is 2. The summed E-state index contributed by atoms with van der Waals surface area (Å²) in [7, 11) is 0. The number of ether oxygens (including phenoxy) is 1. The molecule has 0 radical (unpaired) electrons. The molecule has 0 fully saturated rings. The monoisotopic (exact) mass is 300 g/mol. The fourth-order valence-electron chi connectivity index (χ4n) is 1.44. The van der Waals surface area contributed by atoms with Gasteiger partial charge in [0.15, 0.2) is 5.65 Å². The third-order valence-electron chi connectivity index (χ3n) is 2.19. The van der Waals surface area contributed by atoms with Crippen molar-refractivity contribution in [1.82, 2.24) is 9.97 Å². The molecule has 0 atom stereocenters. The fourth-order valence-corrected chi connectivity index (χ4v) is 1.94. The van der Waals surface area contributed by atoms with Gasteiger partial charge in [0, 0.05) is 11.6 Å². The van der Waals surface area contributed by atoms with E-state index in [0.29, 0.717) is 17.3 Å². The largest absolute Gasteiger partial charge is 0.492 e. The van der Waals surface area contributed by atoms with Crippen LogP contribution in [-0.4, -0.2) is 16.6 Å². The second-order valence-corrected chi connectivity index (χ2v) is 4.53. The van der Waals surface area contributed by atoms with Gasteiger partial charge in [0.1, 0.15) is 5.75 Å². The van der Waals surface area contributed by atoms with Gasteiger partial charge in [-0.05, 0) is 35.8 Å². The van der Waals surface area contributed by atoms with E-state index in [-0.39, 0.29) is 0 Å². The van der Waals surface area contributed by atoms with Crippen molar-refractivity contribution >= 4 is 38.6 Å². The van der Waals surface area contributed by atoms with Gasteiger partial charge >= 0.3 is 0 Å². The molecule has 0 spiro atoms. The standard InChI is InChI=1S/C11H10BrClN2O/c1-3-16-9-4-7-10(13)8(12)5-14-11(7)15-6(9)2/h4-5H,3H2,1-2H3. The van der Waals surface area contributed by atoms with E-state index in [4.69, 9.17) is 16.3 Å². The van der Waals surface area contributed by atoms with Crippen LogP contribution in [0.25, 0.3) is 11.0 Å². The molecule has 2 heterocycles. The lowest BCUT2D eigenvalue weighted by Crippen LogP contribution is -1.97. The summed E-state index contributed by atoms with van der Waals surface area (Å²) in [5, 5.41) is 1.41. The molecule has 0 saturated heterocycles. The van der Waals surface area contributed by atoms with Gasteiger partial charge in [-0.1, -0.05) is 11.6 Å². The number of rotatable bonds is 2. The molecule has 0 unspecified atom stereocenters. The number of halogens is 2. The van der Waals surface area contributed by atoms with Gasteiger partial charge in [-0.25, -0.2) is 9.97 Å². The molecule has 3 nitrogen and oxygen atoms in total. The number of aryl methyl sites for hydroxylation is 1. The van der Waals surface area contributed by atoms with Gasteiger partial charge in [0.2, 0.25) is 0 Å². The molecule has 2 rings (SSSR count). The van der Waals surface area contributed by atoms with Crippen molar-refractivity contribution in [3.05, 3.63) is 27.5 Å². The second-order valence-electron chi connectivity index (χ2n) is 3.30. The van der Waals surface area contributed by atoms with Crippen LogP contribution in [0.5, 0.6) is 5.75 Å². The number of pyridine rings is 2. The quantitative estimate of drug-likeness (QED) is 0.847. The van der Waals surface area contributed by atoms with Crippen molar-refractivity contribution in [3.63, 3.8) is 0 Å². The zero-order valence-corrected chi connectivity index (χ0v) is 11.3. The third-order valence-corrected chi connectivity index (χ3v) is 3.43. The molecule has 0 aromatic carbocycles. The predicted octanol–water partition coefficient (Wildman–Crippen LogP) is 3.75. The summed E-state index contributed by atoms with van der Waals surface area (Å²) in [6.07, 6.45) is 1.65. The highest BCUT2D eigenvalue weighted by Gasteiger charge is 2.10. The van der Waals surface area contributed by atoms with Crippen LogP contribution in [0.4, 0.5) is 0 Å². The van der Waals surface area contributed by atoms with Crippen molar-refractivity contribution in [3.8, 4) is 5.75 Å². The van der Waals surface area contributed by atoms with Crippen LogP contribution in [0.3, 0.4) is 0 Å². The summed E-state index contributed by atoms with van der Waals surface area (Å²) in [6, 6.07) is 1.88. The van der Waals surface area contributed by atoms with Gasteiger partial charge in [0.25, 0.3) is 0 Å². The summed E-state index contributed by atoms with van der Waals surface area (Å²) in [5.41, 5.74) is 1.45. The van der Waals surface area contributed by atoms with Crippen molar-refractivity contribution < 1.29 is 4.74 Å². The van der Waals surface area contributed by atoms with Crippen LogP contribution in [0.2, 0.25) is 5.02 Å². The van der Waals surface area contributed by atoms with E-state index in [1.807, 2.05) is 19.9 Å². The Labute approximate surface area is 107 Å². The first-order chi connectivity index (χ1) is 7.63. The minimum Gasteiger partial charge on any atom is -0.492 e. The molecule has 0 aliphatic rings. The van der Waals surface area contributed by atoms with Gasteiger partial charge in [-0.2, -0.15) is 0 Å². The Balaban J connectivity index is 2.70. The van der Waals surface area contributed by atoms with E-state index in [0.717, 1.165) is 21.3 Å². The topological polar surface area (TPSA) is 35.0 Å². The molecular formula is C11H10BrClN2O. The summed E-state index contributed by atoms with van der Waals surface area (Å²) >= 11 is 9.50. The Morgan fingerprint density at radius 3 is 2.94 bits per heavy atom. The number of hydrogen-bond donors (Lipinski definition) is 0. The van der Waals surface area contributed by atoms with Crippen LogP contribution in [-0.2, 0) is 0 Å². The third kappa shape index (κ3) is 1.99. The first-order valence-electron chi connectivity index (χ1n) is 4.87. The molecule has 0 saturated carbocycles. The maximum atomic E-state index is 6.17. The zero-order valence-electron chi connectivity index (χ0n) is 8.92. The van der Waals surface area contributed by atoms with E-state index in [2.05, 4.69) is 25.9 Å². The lowest BCUT2D eigenvalue weighted by molar-refractivity contribution is 0.337. The molecule has 2 aromatic rings. The summed E-state index contributed by atoms with van der Waals surface area (Å²) in [4.78, 5) is 8.56. The summed E-state index contributed by atoms with van der Waals surface area (Å²) < 4.78 is 6.23. The van der Waals surface area contributed by atoms with E-state index < -0.39 is 0 Å².